The van der Waals surface area contributed by atoms with Crippen LogP contribution in [0.2, 0.25) is 0 Å². The van der Waals surface area contributed by atoms with Gasteiger partial charge in [0, 0.05) is 29.6 Å². The largest absolute Gasteiger partial charge is 0.504 e. The Morgan fingerprint density at radius 1 is 0.882 bits per heavy atom. The molecule has 0 bridgehead atoms. The van der Waals surface area contributed by atoms with E-state index in [1.807, 2.05) is 0 Å². The van der Waals surface area contributed by atoms with Gasteiger partial charge < -0.3 is 10.2 Å². The van der Waals surface area contributed by atoms with Gasteiger partial charge in [0.15, 0.2) is 11.5 Å². The van der Waals surface area contributed by atoms with Crippen molar-refractivity contribution in [2.75, 3.05) is 0 Å². The van der Waals surface area contributed by atoms with E-state index in [2.05, 4.69) is 0 Å². The standard InChI is InChI=1S/C10H8O5S.Na/c11-9-4-6-1-2-8(16(13,14)15)3-7(6)5-10(9)12;/h1-5,11-12H,(H,13,14,15);. The summed E-state index contributed by atoms with van der Waals surface area (Å²) >= 11 is 0. The molecule has 0 aliphatic carbocycles. The first kappa shape index (κ1) is 14.3. The van der Waals surface area contributed by atoms with Crippen molar-refractivity contribution in [3.05, 3.63) is 30.3 Å². The third kappa shape index (κ3) is 2.91. The minimum Gasteiger partial charge on any atom is -0.504 e. The summed E-state index contributed by atoms with van der Waals surface area (Å²) in [6, 6.07) is 6.38. The number of rotatable bonds is 1. The van der Waals surface area contributed by atoms with Gasteiger partial charge in [-0.3, -0.25) is 4.55 Å². The monoisotopic (exact) mass is 263 g/mol. The van der Waals surface area contributed by atoms with Crippen molar-refractivity contribution in [3.63, 3.8) is 0 Å². The minimum absolute atomic E-state index is 0. The summed E-state index contributed by atoms with van der Waals surface area (Å²) in [5.74, 6) is -0.632. The smallest absolute Gasteiger partial charge is 0.294 e. The average molecular weight is 263 g/mol. The van der Waals surface area contributed by atoms with Gasteiger partial charge in [0.05, 0.1) is 4.90 Å². The van der Waals surface area contributed by atoms with E-state index in [-0.39, 0.29) is 46.0 Å². The number of phenols is 2. The summed E-state index contributed by atoms with van der Waals surface area (Å²) in [6.07, 6.45) is 0. The van der Waals surface area contributed by atoms with Crippen molar-refractivity contribution >= 4 is 50.4 Å². The van der Waals surface area contributed by atoms with Crippen LogP contribution >= 0.6 is 0 Å². The normalized spacial score (nSPS) is 11.1. The van der Waals surface area contributed by atoms with E-state index >= 15 is 0 Å². The zero-order valence-corrected chi connectivity index (χ0v) is 11.8. The molecule has 0 atom stereocenters. The summed E-state index contributed by atoms with van der Waals surface area (Å²) in [4.78, 5) is -0.259. The first-order valence-corrected chi connectivity index (χ1v) is 5.75. The quantitative estimate of drug-likeness (QED) is 0.407. The summed E-state index contributed by atoms with van der Waals surface area (Å²) in [7, 11) is -4.26. The molecular weight excluding hydrogens is 255 g/mol. The molecule has 0 heterocycles. The molecule has 5 nitrogen and oxygen atoms in total. The van der Waals surface area contributed by atoms with Crippen LogP contribution in [0.25, 0.3) is 10.8 Å². The number of hydrogen-bond donors (Lipinski definition) is 3. The Bertz CT molecular complexity index is 666. The second kappa shape index (κ2) is 4.83. The molecule has 0 fully saturated rings. The Morgan fingerprint density at radius 3 is 1.94 bits per heavy atom. The van der Waals surface area contributed by atoms with Crippen molar-refractivity contribution in [3.8, 4) is 11.5 Å². The Balaban J connectivity index is 0.00000144. The molecule has 2 aromatic rings. The molecule has 85 valence electrons. The number of phenolic OH excluding ortho intramolecular Hbond substituents is 2. The summed E-state index contributed by atoms with van der Waals surface area (Å²) < 4.78 is 30.6. The molecule has 0 aromatic heterocycles. The maximum atomic E-state index is 10.9. The molecule has 17 heavy (non-hydrogen) atoms. The van der Waals surface area contributed by atoms with Crippen LogP contribution < -0.4 is 0 Å². The van der Waals surface area contributed by atoms with Crippen molar-refractivity contribution in [1.82, 2.24) is 0 Å². The van der Waals surface area contributed by atoms with Crippen LogP contribution in [0, 0.1) is 0 Å². The van der Waals surface area contributed by atoms with Gasteiger partial charge in [0.2, 0.25) is 0 Å². The molecule has 0 aliphatic rings. The van der Waals surface area contributed by atoms with Crippen molar-refractivity contribution in [2.45, 2.75) is 4.90 Å². The fourth-order valence-corrected chi connectivity index (χ4v) is 1.93. The maximum absolute atomic E-state index is 10.9. The predicted octanol–water partition coefficient (Wildman–Crippen LogP) is 1.12. The summed E-state index contributed by atoms with van der Waals surface area (Å²) in [6.45, 7) is 0. The van der Waals surface area contributed by atoms with Crippen LogP contribution in [0.1, 0.15) is 0 Å². The summed E-state index contributed by atoms with van der Waals surface area (Å²) in [5, 5.41) is 19.4. The first-order chi connectivity index (χ1) is 7.38. The Hall–Kier alpha value is -0.790. The summed E-state index contributed by atoms with van der Waals surface area (Å²) in [5.41, 5.74) is 0. The Labute approximate surface area is 120 Å². The van der Waals surface area contributed by atoms with Gasteiger partial charge in [-0.1, -0.05) is 6.07 Å². The number of hydrogen-bond acceptors (Lipinski definition) is 4. The predicted molar refractivity (Wildman–Crippen MR) is 62.8 cm³/mol. The maximum Gasteiger partial charge on any atom is 0.294 e. The second-order valence-electron chi connectivity index (χ2n) is 3.32. The molecule has 2 rings (SSSR count). The van der Waals surface area contributed by atoms with Crippen LogP contribution in [0.3, 0.4) is 0 Å². The van der Waals surface area contributed by atoms with E-state index in [0.29, 0.717) is 10.8 Å². The SMILES string of the molecule is O=S(=O)(O)c1ccc2cc(O)c(O)cc2c1.[Na]. The van der Waals surface area contributed by atoms with Crippen LogP contribution in [-0.4, -0.2) is 52.7 Å². The van der Waals surface area contributed by atoms with Crippen LogP contribution in [0.4, 0.5) is 0 Å². The van der Waals surface area contributed by atoms with E-state index in [9.17, 15) is 18.6 Å². The van der Waals surface area contributed by atoms with Gasteiger partial charge in [-0.05, 0) is 35.0 Å². The molecule has 1 radical (unpaired) electrons. The van der Waals surface area contributed by atoms with Gasteiger partial charge >= 0.3 is 0 Å². The molecule has 0 unspecified atom stereocenters. The van der Waals surface area contributed by atoms with Crippen molar-refractivity contribution in [1.29, 1.82) is 0 Å². The molecule has 0 saturated heterocycles. The van der Waals surface area contributed by atoms with Crippen molar-refractivity contribution in [2.24, 2.45) is 0 Å². The fourth-order valence-electron chi connectivity index (χ4n) is 1.41. The third-order valence-corrected chi connectivity index (χ3v) is 3.05. The van der Waals surface area contributed by atoms with E-state index < -0.39 is 10.1 Å². The van der Waals surface area contributed by atoms with Crippen LogP contribution in [0.15, 0.2) is 35.2 Å². The first-order valence-electron chi connectivity index (χ1n) is 4.31. The van der Waals surface area contributed by atoms with Crippen LogP contribution in [-0.2, 0) is 10.1 Å². The zero-order valence-electron chi connectivity index (χ0n) is 8.95. The van der Waals surface area contributed by atoms with Crippen LogP contribution in [0.5, 0.6) is 11.5 Å². The van der Waals surface area contributed by atoms with Gasteiger partial charge in [-0.15, -0.1) is 0 Å². The molecule has 0 saturated carbocycles. The number of benzene rings is 2. The zero-order chi connectivity index (χ0) is 11.9. The van der Waals surface area contributed by atoms with Gasteiger partial charge in [0.1, 0.15) is 0 Å². The van der Waals surface area contributed by atoms with Gasteiger partial charge in [-0.25, -0.2) is 0 Å². The third-order valence-electron chi connectivity index (χ3n) is 2.20. The van der Waals surface area contributed by atoms with E-state index in [0.717, 1.165) is 0 Å². The molecule has 2 aromatic carbocycles. The van der Waals surface area contributed by atoms with E-state index in [1.165, 1.54) is 30.3 Å². The minimum atomic E-state index is -4.26. The average Bonchev–Trinajstić information content (AvgIpc) is 2.17. The fraction of sp³-hybridized carbons (Fsp3) is 0. The molecule has 0 amide bonds. The van der Waals surface area contributed by atoms with Gasteiger partial charge in [-0.2, -0.15) is 8.42 Å². The topological polar surface area (TPSA) is 94.8 Å². The molecule has 3 N–H and O–H groups in total. The van der Waals surface area contributed by atoms with E-state index in [1.54, 1.807) is 0 Å². The molecule has 7 heteroatoms. The van der Waals surface area contributed by atoms with E-state index in [4.69, 9.17) is 4.55 Å². The Morgan fingerprint density at radius 2 is 1.41 bits per heavy atom. The van der Waals surface area contributed by atoms with Crippen molar-refractivity contribution < 1.29 is 23.2 Å². The molecular formula is C10H8NaO5S. The number of fused-ring (bicyclic) bond motifs is 1. The van der Waals surface area contributed by atoms with Gasteiger partial charge in [0.25, 0.3) is 10.1 Å². The second-order valence-corrected chi connectivity index (χ2v) is 4.75. The number of aromatic hydroxyl groups is 2. The molecule has 0 spiro atoms. The molecule has 0 aliphatic heterocycles. The Kier molecular flexibility index (Phi) is 4.06.